The number of furan rings is 1. The van der Waals surface area contributed by atoms with Crippen molar-refractivity contribution >= 4 is 32.6 Å². The first-order chi connectivity index (χ1) is 11.2. The highest BCUT2D eigenvalue weighted by Gasteiger charge is 2.35. The van der Waals surface area contributed by atoms with E-state index in [4.69, 9.17) is 4.42 Å². The number of anilines is 1. The van der Waals surface area contributed by atoms with E-state index in [1.165, 1.54) is 5.56 Å². The summed E-state index contributed by atoms with van der Waals surface area (Å²) in [5.74, 6) is 1.10. The fourth-order valence-corrected chi connectivity index (χ4v) is 3.68. The lowest BCUT2D eigenvalue weighted by atomic mass is 10.2. The number of aryl methyl sites for hydroxylation is 1. The molecule has 0 N–H and O–H groups in total. The van der Waals surface area contributed by atoms with Crippen molar-refractivity contribution in [3.63, 3.8) is 0 Å². The van der Waals surface area contributed by atoms with Crippen LogP contribution in [0.2, 0.25) is 0 Å². The van der Waals surface area contributed by atoms with Crippen LogP contribution >= 0.6 is 11.3 Å². The van der Waals surface area contributed by atoms with E-state index in [9.17, 15) is 4.79 Å². The van der Waals surface area contributed by atoms with E-state index in [2.05, 4.69) is 24.0 Å². The molecular formula is C18H18N2O2S. The zero-order chi connectivity index (χ0) is 15.8. The van der Waals surface area contributed by atoms with Crippen LogP contribution in [0.4, 0.5) is 5.13 Å². The lowest BCUT2D eigenvalue weighted by Crippen LogP contribution is -2.31. The Kier molecular flexibility index (Phi) is 3.65. The maximum atomic E-state index is 12.7. The molecule has 1 aliphatic rings. The molecule has 0 saturated heterocycles. The number of amides is 1. The summed E-state index contributed by atoms with van der Waals surface area (Å²) in [5, 5.41) is 0.765. The Bertz CT molecular complexity index is 834. The molecule has 1 aromatic carbocycles. The van der Waals surface area contributed by atoms with E-state index in [0.717, 1.165) is 40.4 Å². The Balaban J connectivity index is 1.71. The van der Waals surface area contributed by atoms with Crippen LogP contribution in [-0.4, -0.2) is 10.9 Å². The van der Waals surface area contributed by atoms with E-state index < -0.39 is 0 Å². The zero-order valence-electron chi connectivity index (χ0n) is 13.0. The third kappa shape index (κ3) is 2.88. The molecule has 118 valence electrons. The summed E-state index contributed by atoms with van der Waals surface area (Å²) in [4.78, 5) is 19.1. The largest absolute Gasteiger partial charge is 0.467 e. The molecule has 1 fully saturated rings. The minimum atomic E-state index is 0.156. The number of aromatic nitrogens is 1. The third-order valence-electron chi connectivity index (χ3n) is 4.17. The predicted molar refractivity (Wildman–Crippen MR) is 91.6 cm³/mol. The summed E-state index contributed by atoms with van der Waals surface area (Å²) in [6.07, 6.45) is 4.61. The van der Waals surface area contributed by atoms with Gasteiger partial charge in [-0.05, 0) is 49.1 Å². The number of nitrogens with zero attached hydrogens (tertiary/aromatic N) is 2. The van der Waals surface area contributed by atoms with Crippen molar-refractivity contribution in [2.75, 3.05) is 4.90 Å². The van der Waals surface area contributed by atoms with E-state index in [1.807, 2.05) is 18.2 Å². The van der Waals surface area contributed by atoms with Gasteiger partial charge in [-0.25, -0.2) is 4.98 Å². The number of hydrogen-bond donors (Lipinski definition) is 0. The van der Waals surface area contributed by atoms with E-state index >= 15 is 0 Å². The molecule has 1 saturated carbocycles. The van der Waals surface area contributed by atoms with Crippen molar-refractivity contribution < 1.29 is 9.21 Å². The Morgan fingerprint density at radius 1 is 1.39 bits per heavy atom. The molecule has 2 aromatic heterocycles. The van der Waals surface area contributed by atoms with Crippen LogP contribution in [0.1, 0.15) is 31.1 Å². The van der Waals surface area contributed by atoms with Gasteiger partial charge in [-0.1, -0.05) is 24.3 Å². The Morgan fingerprint density at radius 2 is 2.26 bits per heavy atom. The summed E-state index contributed by atoms with van der Waals surface area (Å²) >= 11 is 1.58. The van der Waals surface area contributed by atoms with Crippen molar-refractivity contribution in [2.24, 2.45) is 5.92 Å². The first-order valence-corrected chi connectivity index (χ1v) is 8.79. The monoisotopic (exact) mass is 326 g/mol. The Morgan fingerprint density at radius 3 is 2.96 bits per heavy atom. The van der Waals surface area contributed by atoms with Crippen molar-refractivity contribution in [3.8, 4) is 0 Å². The van der Waals surface area contributed by atoms with E-state index in [-0.39, 0.29) is 11.8 Å². The molecule has 0 atom stereocenters. The molecule has 0 spiro atoms. The maximum absolute atomic E-state index is 12.7. The van der Waals surface area contributed by atoms with Gasteiger partial charge in [0.25, 0.3) is 0 Å². The molecule has 2 heterocycles. The van der Waals surface area contributed by atoms with Gasteiger partial charge in [0.1, 0.15) is 5.76 Å². The number of benzene rings is 1. The second-order valence-corrected chi connectivity index (χ2v) is 6.94. The molecule has 0 aliphatic heterocycles. The molecule has 3 aromatic rings. The van der Waals surface area contributed by atoms with Crippen LogP contribution in [-0.2, 0) is 17.8 Å². The quantitative estimate of drug-likeness (QED) is 0.698. The summed E-state index contributed by atoms with van der Waals surface area (Å²) in [6.45, 7) is 2.59. The minimum Gasteiger partial charge on any atom is -0.467 e. The van der Waals surface area contributed by atoms with Crippen molar-refractivity contribution in [3.05, 3.63) is 47.9 Å². The highest BCUT2D eigenvalue weighted by atomic mass is 32.1. The number of hydrogen-bond acceptors (Lipinski definition) is 4. The summed E-state index contributed by atoms with van der Waals surface area (Å²) in [5.41, 5.74) is 2.24. The van der Waals surface area contributed by atoms with Crippen molar-refractivity contribution in [1.82, 2.24) is 4.98 Å². The normalized spacial score (nSPS) is 14.3. The van der Waals surface area contributed by atoms with Crippen LogP contribution in [0.3, 0.4) is 0 Å². The standard InChI is InChI=1S/C18H18N2O2S/c1-2-12-5-8-15-16(10-12)23-18(19-15)20(17(21)13-6-7-13)11-14-4-3-9-22-14/h3-5,8-10,13H,2,6-7,11H2,1H3. The molecule has 0 radical (unpaired) electrons. The average Bonchev–Trinajstić information content (AvgIpc) is 3.13. The lowest BCUT2D eigenvalue weighted by Gasteiger charge is -2.18. The Labute approximate surface area is 138 Å². The van der Waals surface area contributed by atoms with Crippen molar-refractivity contribution in [2.45, 2.75) is 32.7 Å². The summed E-state index contributed by atoms with van der Waals surface area (Å²) in [7, 11) is 0. The molecular weight excluding hydrogens is 308 g/mol. The molecule has 23 heavy (non-hydrogen) atoms. The van der Waals surface area contributed by atoms with Gasteiger partial charge in [0, 0.05) is 5.92 Å². The SMILES string of the molecule is CCc1ccc2nc(N(Cc3ccco3)C(=O)C3CC3)sc2c1. The van der Waals surface area contributed by atoms with Crippen LogP contribution < -0.4 is 4.90 Å². The summed E-state index contributed by atoms with van der Waals surface area (Å²) < 4.78 is 6.56. The number of carbonyl (C=O) groups excluding carboxylic acids is 1. The topological polar surface area (TPSA) is 46.3 Å². The first-order valence-electron chi connectivity index (χ1n) is 7.98. The van der Waals surface area contributed by atoms with Gasteiger partial charge in [-0.2, -0.15) is 0 Å². The third-order valence-corrected chi connectivity index (χ3v) is 5.21. The van der Waals surface area contributed by atoms with Gasteiger partial charge in [0.15, 0.2) is 5.13 Å². The summed E-state index contributed by atoms with van der Waals surface area (Å²) in [6, 6.07) is 10.1. The number of thiazole rings is 1. The molecule has 1 amide bonds. The Hall–Kier alpha value is -2.14. The molecule has 0 bridgehead atoms. The van der Waals surface area contributed by atoms with Crippen LogP contribution in [0, 0.1) is 5.92 Å². The van der Waals surface area contributed by atoms with Gasteiger partial charge in [0.05, 0.1) is 23.0 Å². The van der Waals surface area contributed by atoms with Crippen molar-refractivity contribution in [1.29, 1.82) is 0 Å². The zero-order valence-corrected chi connectivity index (χ0v) is 13.8. The first kappa shape index (κ1) is 14.5. The second-order valence-electron chi connectivity index (χ2n) is 5.93. The highest BCUT2D eigenvalue weighted by Crippen LogP contribution is 2.36. The molecule has 4 nitrogen and oxygen atoms in total. The van der Waals surface area contributed by atoms with Crippen LogP contribution in [0.5, 0.6) is 0 Å². The molecule has 1 aliphatic carbocycles. The fraction of sp³-hybridized carbons (Fsp3) is 0.333. The molecule has 0 unspecified atom stereocenters. The fourth-order valence-electron chi connectivity index (χ4n) is 2.64. The van der Waals surface area contributed by atoms with E-state index in [0.29, 0.717) is 6.54 Å². The number of carbonyl (C=O) groups is 1. The minimum absolute atomic E-state index is 0.156. The average molecular weight is 326 g/mol. The number of fused-ring (bicyclic) bond motifs is 1. The van der Waals surface area contributed by atoms with Gasteiger partial charge in [-0.3, -0.25) is 9.69 Å². The van der Waals surface area contributed by atoms with Gasteiger partial charge in [0.2, 0.25) is 5.91 Å². The van der Waals surface area contributed by atoms with Gasteiger partial charge >= 0.3 is 0 Å². The maximum Gasteiger partial charge on any atom is 0.232 e. The van der Waals surface area contributed by atoms with Crippen LogP contribution in [0.25, 0.3) is 10.2 Å². The molecule has 5 heteroatoms. The smallest absolute Gasteiger partial charge is 0.232 e. The van der Waals surface area contributed by atoms with Gasteiger partial charge < -0.3 is 4.42 Å². The van der Waals surface area contributed by atoms with Gasteiger partial charge in [-0.15, -0.1) is 0 Å². The lowest BCUT2D eigenvalue weighted by molar-refractivity contribution is -0.120. The second kappa shape index (κ2) is 5.81. The molecule has 4 rings (SSSR count). The number of rotatable bonds is 5. The van der Waals surface area contributed by atoms with Crippen LogP contribution in [0.15, 0.2) is 41.0 Å². The highest BCUT2D eigenvalue weighted by molar-refractivity contribution is 7.22. The van der Waals surface area contributed by atoms with E-state index in [1.54, 1.807) is 22.5 Å². The predicted octanol–water partition coefficient (Wildman–Crippen LogP) is 4.39.